The van der Waals surface area contributed by atoms with E-state index in [9.17, 15) is 18.4 Å². The first-order valence-electron chi connectivity index (χ1n) is 7.55. The molecular formula is C16H20F3N3O. The lowest BCUT2D eigenvalue weighted by atomic mass is 10.1. The van der Waals surface area contributed by atoms with E-state index in [2.05, 4.69) is 20.6 Å². The molecular weight excluding hydrogens is 307 g/mol. The Morgan fingerprint density at radius 2 is 1.78 bits per heavy atom. The first-order valence-corrected chi connectivity index (χ1v) is 7.55. The Kier molecular flexibility index (Phi) is 6.39. The minimum Gasteiger partial charge on any atom is -0.371 e. The average Bonchev–Trinajstić information content (AvgIpc) is 2.54. The van der Waals surface area contributed by atoms with Crippen molar-refractivity contribution in [1.29, 1.82) is 5.26 Å². The summed E-state index contributed by atoms with van der Waals surface area (Å²) in [5.74, 6) is 0. The molecule has 1 saturated heterocycles. The van der Waals surface area contributed by atoms with Crippen LogP contribution in [0.15, 0.2) is 30.3 Å². The quantitative estimate of drug-likeness (QED) is 0.753. The smallest absolute Gasteiger partial charge is 0.371 e. The molecule has 1 heterocycles. The van der Waals surface area contributed by atoms with Gasteiger partial charge in [0.2, 0.25) is 0 Å². The first kappa shape index (κ1) is 17.7. The summed E-state index contributed by atoms with van der Waals surface area (Å²) in [6, 6.07) is 11.7. The molecule has 1 aromatic rings. The summed E-state index contributed by atoms with van der Waals surface area (Å²) in [5.41, 5.74) is 0.969. The number of nitrogens with zero attached hydrogens (tertiary/aromatic N) is 3. The normalized spacial score (nSPS) is 18.5. The minimum absolute atomic E-state index is 0.0693. The lowest BCUT2D eigenvalue weighted by Crippen LogP contribution is -2.48. The Hall–Kier alpha value is -1.62. The molecule has 7 heteroatoms. The Labute approximate surface area is 134 Å². The van der Waals surface area contributed by atoms with Crippen molar-refractivity contribution in [2.24, 2.45) is 0 Å². The van der Waals surface area contributed by atoms with Crippen LogP contribution < -0.4 is 0 Å². The maximum Gasteiger partial charge on any atom is 0.411 e. The first-order chi connectivity index (χ1) is 11.0. The molecule has 1 fully saturated rings. The van der Waals surface area contributed by atoms with E-state index < -0.39 is 12.8 Å². The number of ether oxygens (including phenoxy) is 1. The van der Waals surface area contributed by atoms with Gasteiger partial charge in [0.1, 0.15) is 12.6 Å². The topological polar surface area (TPSA) is 39.5 Å². The van der Waals surface area contributed by atoms with Gasteiger partial charge in [-0.25, -0.2) is 0 Å². The van der Waals surface area contributed by atoms with Crippen LogP contribution in [-0.2, 0) is 4.74 Å². The van der Waals surface area contributed by atoms with Crippen LogP contribution in [-0.4, -0.2) is 61.9 Å². The molecule has 1 atom stereocenters. The van der Waals surface area contributed by atoms with Gasteiger partial charge in [0.25, 0.3) is 0 Å². The van der Waals surface area contributed by atoms with Crippen molar-refractivity contribution in [2.45, 2.75) is 12.2 Å². The third-order valence-corrected chi connectivity index (χ3v) is 3.83. The number of nitriles is 1. The Morgan fingerprint density at radius 1 is 1.13 bits per heavy atom. The highest BCUT2D eigenvalue weighted by atomic mass is 19.4. The van der Waals surface area contributed by atoms with E-state index in [4.69, 9.17) is 0 Å². The largest absolute Gasteiger partial charge is 0.411 e. The molecule has 0 amide bonds. The van der Waals surface area contributed by atoms with E-state index in [0.29, 0.717) is 19.6 Å². The van der Waals surface area contributed by atoms with Gasteiger partial charge < -0.3 is 4.74 Å². The summed E-state index contributed by atoms with van der Waals surface area (Å²) in [5, 5.41) is 9.42. The fraction of sp³-hybridized carbons (Fsp3) is 0.562. The minimum atomic E-state index is -4.27. The summed E-state index contributed by atoms with van der Waals surface area (Å²) < 4.78 is 40.6. The predicted molar refractivity (Wildman–Crippen MR) is 79.7 cm³/mol. The van der Waals surface area contributed by atoms with Crippen LogP contribution in [0.3, 0.4) is 0 Å². The molecule has 1 aliphatic rings. The molecule has 0 aromatic heterocycles. The van der Waals surface area contributed by atoms with Gasteiger partial charge in [0.15, 0.2) is 0 Å². The van der Waals surface area contributed by atoms with Crippen LogP contribution in [0.2, 0.25) is 0 Å². The van der Waals surface area contributed by atoms with Gasteiger partial charge in [-0.15, -0.1) is 0 Å². The number of piperazine rings is 1. The second kappa shape index (κ2) is 8.29. The van der Waals surface area contributed by atoms with Gasteiger partial charge in [0, 0.05) is 32.7 Å². The predicted octanol–water partition coefficient (Wildman–Crippen LogP) is 2.45. The maximum absolute atomic E-state index is 12.0. The zero-order valence-electron chi connectivity index (χ0n) is 12.8. The van der Waals surface area contributed by atoms with Crippen molar-refractivity contribution >= 4 is 0 Å². The summed E-state index contributed by atoms with van der Waals surface area (Å²) in [7, 11) is 0. The fourth-order valence-electron chi connectivity index (χ4n) is 2.63. The van der Waals surface area contributed by atoms with E-state index in [1.165, 1.54) is 0 Å². The second-order valence-corrected chi connectivity index (χ2v) is 5.49. The zero-order valence-corrected chi connectivity index (χ0v) is 12.8. The number of benzene rings is 1. The van der Waals surface area contributed by atoms with Gasteiger partial charge in [-0.3, -0.25) is 9.80 Å². The van der Waals surface area contributed by atoms with Crippen molar-refractivity contribution in [3.63, 3.8) is 0 Å². The highest BCUT2D eigenvalue weighted by Crippen LogP contribution is 2.21. The average molecular weight is 327 g/mol. The molecule has 0 bridgehead atoms. The molecule has 126 valence electrons. The lowest BCUT2D eigenvalue weighted by Gasteiger charge is -2.36. The van der Waals surface area contributed by atoms with Crippen molar-refractivity contribution in [1.82, 2.24) is 9.80 Å². The molecule has 2 rings (SSSR count). The molecule has 0 aliphatic carbocycles. The van der Waals surface area contributed by atoms with Crippen LogP contribution in [0.5, 0.6) is 0 Å². The highest BCUT2D eigenvalue weighted by molar-refractivity contribution is 5.24. The molecule has 4 nitrogen and oxygen atoms in total. The van der Waals surface area contributed by atoms with Crippen LogP contribution in [0, 0.1) is 11.3 Å². The van der Waals surface area contributed by atoms with E-state index in [1.54, 1.807) is 0 Å². The molecule has 0 radical (unpaired) electrons. The molecule has 0 N–H and O–H groups in total. The van der Waals surface area contributed by atoms with E-state index >= 15 is 0 Å². The third kappa shape index (κ3) is 5.82. The van der Waals surface area contributed by atoms with Crippen molar-refractivity contribution in [2.75, 3.05) is 45.9 Å². The number of hydrogen-bond donors (Lipinski definition) is 0. The summed E-state index contributed by atoms with van der Waals surface area (Å²) in [6.45, 7) is 2.23. The van der Waals surface area contributed by atoms with Crippen molar-refractivity contribution in [3.05, 3.63) is 35.9 Å². The Morgan fingerprint density at radius 3 is 2.35 bits per heavy atom. The monoisotopic (exact) mass is 327 g/mol. The second-order valence-electron chi connectivity index (χ2n) is 5.49. The number of hydrogen-bond acceptors (Lipinski definition) is 4. The standard InChI is InChI=1S/C16H20F3N3O/c17-16(18,19)13-23-11-10-21-6-8-22(9-7-21)15(12-20)14-4-2-1-3-5-14/h1-5,15H,6-11,13H2/t15-/m0/s1. The van der Waals surface area contributed by atoms with E-state index in [0.717, 1.165) is 18.7 Å². The third-order valence-electron chi connectivity index (χ3n) is 3.83. The van der Waals surface area contributed by atoms with Crippen LogP contribution in [0.4, 0.5) is 13.2 Å². The van der Waals surface area contributed by atoms with E-state index in [-0.39, 0.29) is 12.6 Å². The Bertz CT molecular complexity index is 508. The molecule has 0 spiro atoms. The SMILES string of the molecule is N#C[C@@H](c1ccccc1)N1CCN(CCOCC(F)(F)F)CC1. The van der Waals surface area contributed by atoms with Crippen LogP contribution in [0.25, 0.3) is 0 Å². The summed E-state index contributed by atoms with van der Waals surface area (Å²) >= 11 is 0. The van der Waals surface area contributed by atoms with Gasteiger partial charge in [-0.1, -0.05) is 30.3 Å². The van der Waals surface area contributed by atoms with Crippen molar-refractivity contribution < 1.29 is 17.9 Å². The molecule has 23 heavy (non-hydrogen) atoms. The summed E-state index contributed by atoms with van der Waals surface area (Å²) in [4.78, 5) is 4.16. The Balaban J connectivity index is 1.74. The van der Waals surface area contributed by atoms with E-state index in [1.807, 2.05) is 30.3 Å². The van der Waals surface area contributed by atoms with Gasteiger partial charge in [-0.2, -0.15) is 18.4 Å². The molecule has 1 aromatic carbocycles. The lowest BCUT2D eigenvalue weighted by molar-refractivity contribution is -0.174. The number of rotatable bonds is 6. The number of alkyl halides is 3. The van der Waals surface area contributed by atoms with Gasteiger partial charge in [0.05, 0.1) is 12.7 Å². The van der Waals surface area contributed by atoms with Crippen molar-refractivity contribution in [3.8, 4) is 6.07 Å². The maximum atomic E-state index is 12.0. The highest BCUT2D eigenvalue weighted by Gasteiger charge is 2.28. The fourth-order valence-corrected chi connectivity index (χ4v) is 2.63. The molecule has 0 saturated carbocycles. The molecule has 1 aliphatic heterocycles. The molecule has 0 unspecified atom stereocenters. The van der Waals surface area contributed by atoms with Gasteiger partial charge >= 0.3 is 6.18 Å². The van der Waals surface area contributed by atoms with Gasteiger partial charge in [-0.05, 0) is 5.56 Å². The number of halogens is 3. The van der Waals surface area contributed by atoms with Crippen LogP contribution in [0.1, 0.15) is 11.6 Å². The summed E-state index contributed by atoms with van der Waals surface area (Å²) in [6.07, 6.45) is -4.27. The van der Waals surface area contributed by atoms with Crippen LogP contribution >= 0.6 is 0 Å². The zero-order chi connectivity index (χ0) is 16.7.